The molecule has 1 aliphatic heterocycles. The molecule has 12 heteroatoms. The fourth-order valence-electron chi connectivity index (χ4n) is 11.6. The summed E-state index contributed by atoms with van der Waals surface area (Å²) in [7, 11) is -0.317. The fraction of sp³-hybridized carbons (Fsp3) is 0.0882. The zero-order valence-electron chi connectivity index (χ0n) is 44.4. The lowest BCUT2D eigenvalue weighted by molar-refractivity contribution is 0.00578. The van der Waals surface area contributed by atoms with Crippen LogP contribution in [-0.4, -0.2) is 56.2 Å². The van der Waals surface area contributed by atoms with Gasteiger partial charge in [-0.3, -0.25) is 17.9 Å². The van der Waals surface area contributed by atoms with Crippen LogP contribution in [0.15, 0.2) is 235 Å². The number of imidazole rings is 4. The lowest BCUT2D eigenvalue weighted by Gasteiger charge is -2.32. The van der Waals surface area contributed by atoms with Crippen molar-refractivity contribution in [1.29, 1.82) is 0 Å². The van der Waals surface area contributed by atoms with E-state index < -0.39 is 0 Å². The van der Waals surface area contributed by atoms with E-state index in [-0.39, 0.29) is 18.3 Å². The summed E-state index contributed by atoms with van der Waals surface area (Å²) in [6, 6.07) is 80.5. The Bertz CT molecular complexity index is 5050. The number of hydrogen-bond acceptors (Lipinski definition) is 4. The van der Waals surface area contributed by atoms with Gasteiger partial charge >= 0.3 is 7.12 Å². The maximum absolute atomic E-state index is 6.16. The number of para-hydroxylation sites is 8. The topological polar surface area (TPSA) is 94.5 Å². The van der Waals surface area contributed by atoms with E-state index in [1.165, 1.54) is 38.2 Å². The number of halogens is 1. The van der Waals surface area contributed by atoms with Gasteiger partial charge in [-0.15, -0.1) is 0 Å². The van der Waals surface area contributed by atoms with E-state index in [0.717, 1.165) is 93.5 Å². The van der Waals surface area contributed by atoms with E-state index in [9.17, 15) is 0 Å². The Balaban J connectivity index is 0.000000108. The summed E-state index contributed by atoms with van der Waals surface area (Å²) >= 11 is 3.59. The van der Waals surface area contributed by atoms with E-state index in [2.05, 4.69) is 278 Å². The van der Waals surface area contributed by atoms with Crippen molar-refractivity contribution in [2.75, 3.05) is 0 Å². The Kier molecular flexibility index (Phi) is 11.1. The van der Waals surface area contributed by atoms with Crippen molar-refractivity contribution in [2.45, 2.75) is 38.9 Å². The molecule has 10 nitrogen and oxygen atoms in total. The number of hydrogen-bond donors (Lipinski definition) is 2. The third-order valence-electron chi connectivity index (χ3n) is 16.3. The monoisotopic (exact) mass is 1100 g/mol. The fourth-order valence-corrected chi connectivity index (χ4v) is 12.0. The van der Waals surface area contributed by atoms with Crippen LogP contribution in [0.25, 0.3) is 122 Å². The molecular weight excluding hydrogens is 1050 g/mol. The van der Waals surface area contributed by atoms with Crippen LogP contribution in [0.2, 0.25) is 0 Å². The highest BCUT2D eigenvalue weighted by Crippen LogP contribution is 2.38. The molecule has 80 heavy (non-hydrogen) atoms. The van der Waals surface area contributed by atoms with Crippen LogP contribution < -0.4 is 5.46 Å². The molecule has 1 aliphatic rings. The van der Waals surface area contributed by atoms with Crippen LogP contribution in [0.4, 0.5) is 0 Å². The molecule has 2 N–H and O–H groups in total. The van der Waals surface area contributed by atoms with Gasteiger partial charge in [-0.2, -0.15) is 0 Å². The van der Waals surface area contributed by atoms with E-state index in [4.69, 9.17) is 19.3 Å². The first-order valence-electron chi connectivity index (χ1n) is 27.0. The molecule has 10 aromatic carbocycles. The van der Waals surface area contributed by atoms with Crippen molar-refractivity contribution in [1.82, 2.24) is 37.9 Å². The maximum atomic E-state index is 6.16. The number of H-pyrrole nitrogens is 2. The Morgan fingerprint density at radius 1 is 0.388 bits per heavy atom. The Hall–Kier alpha value is -9.20. The lowest BCUT2D eigenvalue weighted by Crippen LogP contribution is -2.41. The molecule has 0 atom stereocenters. The number of aromatic nitrogens is 8. The van der Waals surface area contributed by atoms with Gasteiger partial charge in [0.05, 0.1) is 55.3 Å². The molecule has 16 aromatic rings. The lowest BCUT2D eigenvalue weighted by atomic mass is 9.78. The minimum absolute atomic E-state index is 0.313. The summed E-state index contributed by atoms with van der Waals surface area (Å²) < 4.78 is 22.3. The first-order chi connectivity index (χ1) is 39.0. The highest BCUT2D eigenvalue weighted by molar-refractivity contribution is 9.10. The Morgan fingerprint density at radius 3 is 1.40 bits per heavy atom. The minimum atomic E-state index is -0.317. The second kappa shape index (κ2) is 18.5. The molecule has 0 bridgehead atoms. The van der Waals surface area contributed by atoms with Gasteiger partial charge in [0.25, 0.3) is 0 Å². The molecule has 1 saturated heterocycles. The molecule has 0 spiro atoms. The van der Waals surface area contributed by atoms with Gasteiger partial charge in [-0.1, -0.05) is 137 Å². The molecule has 0 aliphatic carbocycles. The van der Waals surface area contributed by atoms with E-state index >= 15 is 0 Å². The van der Waals surface area contributed by atoms with Gasteiger partial charge in [0.2, 0.25) is 11.6 Å². The zero-order chi connectivity index (χ0) is 53.9. The summed E-state index contributed by atoms with van der Waals surface area (Å²) in [5.74, 6) is 1.86. The van der Waals surface area contributed by atoms with E-state index in [1.807, 2.05) is 24.3 Å². The summed E-state index contributed by atoms with van der Waals surface area (Å²) in [6.07, 6.45) is 0. The summed E-state index contributed by atoms with van der Waals surface area (Å²) in [4.78, 5) is 16.9. The highest BCUT2D eigenvalue weighted by Gasteiger charge is 2.51. The summed E-state index contributed by atoms with van der Waals surface area (Å²) in [6.45, 7) is 8.32. The smallest absolute Gasteiger partial charge is 0.399 e. The van der Waals surface area contributed by atoms with Crippen molar-refractivity contribution < 1.29 is 9.31 Å². The molecule has 1 fully saturated rings. The molecule has 0 amide bonds. The average molecular weight is 1100 g/mol. The quantitative estimate of drug-likeness (QED) is 0.172. The number of aromatic amines is 2. The minimum Gasteiger partial charge on any atom is -0.399 e. The maximum Gasteiger partial charge on any atom is 0.494 e. The van der Waals surface area contributed by atoms with Crippen LogP contribution in [0.3, 0.4) is 0 Å². The Morgan fingerprint density at radius 2 is 0.825 bits per heavy atom. The molecular formula is C68H52BBrN8O2. The first-order valence-corrected chi connectivity index (χ1v) is 27.8. The van der Waals surface area contributed by atoms with Crippen molar-refractivity contribution >= 4 is 128 Å². The van der Waals surface area contributed by atoms with Gasteiger partial charge in [0, 0.05) is 59.5 Å². The number of fused-ring (bicyclic) bond motifs is 16. The van der Waals surface area contributed by atoms with Crippen molar-refractivity contribution in [3.05, 3.63) is 235 Å². The standard InChI is InChI=1S/C31H20N4.C19H12BrN3.C18H20BNO2/c1-2-8-22(9-3-1)34-30-19-21(15-17-29(30)35-28-13-7-6-12-27(28)33-31(34)35)20-14-16-26-24(18-20)23-10-4-5-11-25(23)32-26;20-13-10-11-17-18(12-13)22(14-6-2-1-3-7-14)19-21-15-8-4-5-9-16(15)23(17)19;1-17(2)18(3,4)22-19(21-17)12-9-10-16-14(11-12)13-7-5-6-8-15(13)20-16/h1-19,32H;1-12H;5-11,20H,1-4H3. The molecule has 17 rings (SSSR count). The van der Waals surface area contributed by atoms with Crippen molar-refractivity contribution in [3.8, 4) is 22.5 Å². The largest absolute Gasteiger partial charge is 0.494 e. The van der Waals surface area contributed by atoms with Gasteiger partial charge in [0.15, 0.2) is 0 Å². The second-order valence-electron chi connectivity index (χ2n) is 21.6. The first kappa shape index (κ1) is 48.0. The number of rotatable bonds is 4. The number of benzene rings is 10. The molecule has 0 unspecified atom stereocenters. The highest BCUT2D eigenvalue weighted by atomic mass is 79.9. The predicted octanol–water partition coefficient (Wildman–Crippen LogP) is 16.5. The normalized spacial score (nSPS) is 14.1. The van der Waals surface area contributed by atoms with Gasteiger partial charge in [0.1, 0.15) is 0 Å². The second-order valence-corrected chi connectivity index (χ2v) is 22.6. The molecule has 0 radical (unpaired) electrons. The van der Waals surface area contributed by atoms with Crippen LogP contribution in [-0.2, 0) is 9.31 Å². The predicted molar refractivity (Wildman–Crippen MR) is 333 cm³/mol. The van der Waals surface area contributed by atoms with E-state index in [0.29, 0.717) is 0 Å². The molecule has 0 saturated carbocycles. The van der Waals surface area contributed by atoms with Crippen molar-refractivity contribution in [2.24, 2.45) is 0 Å². The Labute approximate surface area is 468 Å². The SMILES string of the molecule is Brc1ccc2c(c1)n(-c1ccccc1)c1nc3ccccc3n21.CC1(C)OB(c2ccc3[nH]c4ccccc4c3c2)OC1(C)C.c1ccc(-n2c3cc(-c4ccc5[nH]c6ccccc6c5c4)ccc3n3c4ccccc4nc23)cc1. The molecule has 7 heterocycles. The number of nitrogens with zero attached hydrogens (tertiary/aromatic N) is 6. The van der Waals surface area contributed by atoms with Gasteiger partial charge < -0.3 is 19.3 Å². The van der Waals surface area contributed by atoms with E-state index in [1.54, 1.807) is 0 Å². The zero-order valence-corrected chi connectivity index (χ0v) is 46.0. The number of nitrogens with one attached hydrogen (secondary N) is 2. The van der Waals surface area contributed by atoms with Gasteiger partial charge in [-0.25, -0.2) is 9.97 Å². The van der Waals surface area contributed by atoms with Crippen LogP contribution in [0.5, 0.6) is 0 Å². The van der Waals surface area contributed by atoms with Crippen LogP contribution in [0, 0.1) is 0 Å². The summed E-state index contributed by atoms with van der Waals surface area (Å²) in [5.41, 5.74) is 18.5. The van der Waals surface area contributed by atoms with Crippen LogP contribution >= 0.6 is 15.9 Å². The average Bonchev–Trinajstić information content (AvgIpc) is 4.37. The third kappa shape index (κ3) is 7.77. The van der Waals surface area contributed by atoms with Gasteiger partial charge in [-0.05, 0) is 153 Å². The molecule has 6 aromatic heterocycles. The van der Waals surface area contributed by atoms with Crippen LogP contribution in [0.1, 0.15) is 27.7 Å². The molecule has 386 valence electrons. The summed E-state index contributed by atoms with van der Waals surface area (Å²) in [5, 5.41) is 4.94. The third-order valence-corrected chi connectivity index (χ3v) is 16.8. The van der Waals surface area contributed by atoms with Crippen molar-refractivity contribution in [3.63, 3.8) is 0 Å².